The van der Waals surface area contributed by atoms with E-state index in [9.17, 15) is 0 Å². The van der Waals surface area contributed by atoms with E-state index in [2.05, 4.69) is 30.4 Å². The average Bonchev–Trinajstić information content (AvgIpc) is 2.91. The quantitative estimate of drug-likeness (QED) is 0.527. The largest absolute Gasteiger partial charge is 0.316 e. The Balaban J connectivity index is 1.86. The molecule has 0 spiro atoms. The number of fused-ring (bicyclic) bond motifs is 1. The van der Waals surface area contributed by atoms with Gasteiger partial charge in [0.25, 0.3) is 0 Å². The van der Waals surface area contributed by atoms with Crippen LogP contribution < -0.4 is 5.32 Å². The highest BCUT2D eigenvalue weighted by Crippen LogP contribution is 2.38. The van der Waals surface area contributed by atoms with E-state index in [1.165, 1.54) is 51.4 Å². The Bertz CT molecular complexity index is 382. The topological polar surface area (TPSA) is 12.0 Å². The Hall–Kier alpha value is -0.600. The molecule has 0 saturated heterocycles. The van der Waals surface area contributed by atoms with Crippen LogP contribution in [0.3, 0.4) is 0 Å². The lowest BCUT2D eigenvalue weighted by Gasteiger charge is -2.30. The molecule has 2 atom stereocenters. The van der Waals surface area contributed by atoms with Crippen molar-refractivity contribution in [2.45, 2.75) is 63.3 Å². The number of rotatable bonds is 8. The molecule has 1 aromatic rings. The lowest BCUT2D eigenvalue weighted by molar-refractivity contribution is 0.383. The summed E-state index contributed by atoms with van der Waals surface area (Å²) in [6.45, 7) is 3.79. The number of thiophene rings is 1. The molecule has 19 heavy (non-hydrogen) atoms. The van der Waals surface area contributed by atoms with Crippen LogP contribution in [-0.4, -0.2) is 13.1 Å². The zero-order chi connectivity index (χ0) is 13.5. The molecule has 1 aliphatic carbocycles. The van der Waals surface area contributed by atoms with Crippen LogP contribution in [-0.2, 0) is 6.42 Å². The Morgan fingerprint density at radius 3 is 3.16 bits per heavy atom. The summed E-state index contributed by atoms with van der Waals surface area (Å²) in [6, 6.07) is 3.03. The van der Waals surface area contributed by atoms with Crippen LogP contribution in [0.15, 0.2) is 24.1 Å². The fourth-order valence-electron chi connectivity index (χ4n) is 3.32. The van der Waals surface area contributed by atoms with Crippen molar-refractivity contribution in [1.82, 2.24) is 5.32 Å². The number of unbranched alkanes of at least 4 members (excludes halogenated alkanes) is 3. The zero-order valence-electron chi connectivity index (χ0n) is 12.2. The maximum Gasteiger partial charge on any atom is 0.0133 e. The summed E-state index contributed by atoms with van der Waals surface area (Å²) in [6.07, 6.45) is 12.5. The van der Waals surface area contributed by atoms with Crippen molar-refractivity contribution < 1.29 is 0 Å². The number of aryl methyl sites for hydroxylation is 1. The first kappa shape index (κ1) is 14.8. The third-order valence-corrected chi connectivity index (χ3v) is 5.37. The summed E-state index contributed by atoms with van der Waals surface area (Å²) in [5.74, 6) is 0.749. The van der Waals surface area contributed by atoms with Gasteiger partial charge in [0.15, 0.2) is 0 Å². The van der Waals surface area contributed by atoms with Crippen LogP contribution in [0.4, 0.5) is 0 Å². The molecule has 1 aliphatic rings. The molecule has 0 aromatic carbocycles. The molecule has 2 heteroatoms. The second-order valence-corrected chi connectivity index (χ2v) is 6.62. The predicted molar refractivity (Wildman–Crippen MR) is 86.1 cm³/mol. The SMILES string of the molecule is C=CCCCCCC(NC)C1CCCc2sccc21. The van der Waals surface area contributed by atoms with Crippen molar-refractivity contribution in [2.24, 2.45) is 0 Å². The van der Waals surface area contributed by atoms with Crippen LogP contribution in [0.1, 0.15) is 61.3 Å². The van der Waals surface area contributed by atoms with Gasteiger partial charge in [0.2, 0.25) is 0 Å². The maximum atomic E-state index is 3.79. The zero-order valence-corrected chi connectivity index (χ0v) is 13.0. The van der Waals surface area contributed by atoms with E-state index in [1.807, 2.05) is 17.4 Å². The molecular weight excluding hydrogens is 250 g/mol. The van der Waals surface area contributed by atoms with Gasteiger partial charge >= 0.3 is 0 Å². The fourth-order valence-corrected chi connectivity index (χ4v) is 4.31. The van der Waals surface area contributed by atoms with Gasteiger partial charge in [-0.3, -0.25) is 0 Å². The third-order valence-electron chi connectivity index (χ3n) is 4.38. The van der Waals surface area contributed by atoms with Gasteiger partial charge < -0.3 is 5.32 Å². The smallest absolute Gasteiger partial charge is 0.0133 e. The molecule has 0 bridgehead atoms. The lowest BCUT2D eigenvalue weighted by Crippen LogP contribution is -2.33. The molecule has 106 valence electrons. The van der Waals surface area contributed by atoms with Crippen LogP contribution in [0, 0.1) is 0 Å². The molecule has 0 radical (unpaired) electrons. The molecule has 1 heterocycles. The summed E-state index contributed by atoms with van der Waals surface area (Å²) < 4.78 is 0. The van der Waals surface area contributed by atoms with E-state index < -0.39 is 0 Å². The standard InChI is InChI=1S/C17H27NS/c1-3-4-5-6-7-10-16(18-2)14-9-8-11-17-15(14)12-13-19-17/h3,12-14,16,18H,1,4-11H2,2H3. The van der Waals surface area contributed by atoms with Crippen molar-refractivity contribution in [3.8, 4) is 0 Å². The summed E-state index contributed by atoms with van der Waals surface area (Å²) in [5.41, 5.74) is 1.64. The number of nitrogens with one attached hydrogen (secondary N) is 1. The van der Waals surface area contributed by atoms with Gasteiger partial charge in [-0.1, -0.05) is 18.9 Å². The molecule has 0 saturated carbocycles. The van der Waals surface area contributed by atoms with Crippen LogP contribution in [0.5, 0.6) is 0 Å². The van der Waals surface area contributed by atoms with Gasteiger partial charge in [0.05, 0.1) is 0 Å². The molecule has 0 fully saturated rings. The second-order valence-electron chi connectivity index (χ2n) is 5.62. The first-order chi connectivity index (χ1) is 9.36. The average molecular weight is 277 g/mol. The van der Waals surface area contributed by atoms with E-state index >= 15 is 0 Å². The Morgan fingerprint density at radius 1 is 1.47 bits per heavy atom. The van der Waals surface area contributed by atoms with Gasteiger partial charge in [-0.05, 0) is 62.6 Å². The lowest BCUT2D eigenvalue weighted by atomic mass is 9.80. The van der Waals surface area contributed by atoms with Crippen molar-refractivity contribution >= 4 is 11.3 Å². The fraction of sp³-hybridized carbons (Fsp3) is 0.647. The third kappa shape index (κ3) is 3.93. The molecule has 1 N–H and O–H groups in total. The van der Waals surface area contributed by atoms with E-state index in [0.29, 0.717) is 6.04 Å². The summed E-state index contributed by atoms with van der Waals surface area (Å²) in [7, 11) is 2.13. The van der Waals surface area contributed by atoms with Gasteiger partial charge in [-0.25, -0.2) is 0 Å². The van der Waals surface area contributed by atoms with E-state index in [-0.39, 0.29) is 0 Å². The minimum absolute atomic E-state index is 0.664. The Kier molecular flexibility index (Phi) is 6.12. The number of likely N-dealkylation sites (N-methyl/N-ethyl adjacent to an activating group) is 1. The molecule has 1 aromatic heterocycles. The number of allylic oxidation sites excluding steroid dienone is 1. The molecule has 0 aliphatic heterocycles. The van der Waals surface area contributed by atoms with Gasteiger partial charge in [0.1, 0.15) is 0 Å². The highest BCUT2D eigenvalue weighted by Gasteiger charge is 2.27. The van der Waals surface area contributed by atoms with Crippen LogP contribution in [0.2, 0.25) is 0 Å². The number of hydrogen-bond acceptors (Lipinski definition) is 2. The first-order valence-electron chi connectivity index (χ1n) is 7.71. The minimum atomic E-state index is 0.664. The molecule has 0 amide bonds. The highest BCUT2D eigenvalue weighted by molar-refractivity contribution is 7.10. The monoisotopic (exact) mass is 277 g/mol. The highest BCUT2D eigenvalue weighted by atomic mass is 32.1. The second kappa shape index (κ2) is 7.86. The van der Waals surface area contributed by atoms with Crippen LogP contribution in [0.25, 0.3) is 0 Å². The first-order valence-corrected chi connectivity index (χ1v) is 8.59. The van der Waals surface area contributed by atoms with Crippen molar-refractivity contribution in [3.63, 3.8) is 0 Å². The normalized spacial score (nSPS) is 19.9. The summed E-state index contributed by atoms with van der Waals surface area (Å²) in [5, 5.41) is 5.86. The summed E-state index contributed by atoms with van der Waals surface area (Å²) >= 11 is 1.95. The van der Waals surface area contributed by atoms with E-state index in [1.54, 1.807) is 10.4 Å². The van der Waals surface area contributed by atoms with Gasteiger partial charge in [-0.15, -0.1) is 17.9 Å². The molecule has 1 nitrogen and oxygen atoms in total. The van der Waals surface area contributed by atoms with Crippen molar-refractivity contribution in [1.29, 1.82) is 0 Å². The molecule has 2 unspecified atom stereocenters. The van der Waals surface area contributed by atoms with Crippen molar-refractivity contribution in [2.75, 3.05) is 7.05 Å². The van der Waals surface area contributed by atoms with Crippen molar-refractivity contribution in [3.05, 3.63) is 34.5 Å². The van der Waals surface area contributed by atoms with Gasteiger partial charge in [0, 0.05) is 16.8 Å². The van der Waals surface area contributed by atoms with Gasteiger partial charge in [-0.2, -0.15) is 0 Å². The van der Waals surface area contributed by atoms with E-state index in [0.717, 1.165) is 5.92 Å². The summed E-state index contributed by atoms with van der Waals surface area (Å²) in [4.78, 5) is 1.64. The maximum absolute atomic E-state index is 3.79. The predicted octanol–water partition coefficient (Wildman–Crippen LogP) is 4.89. The molecular formula is C17H27NS. The Labute approximate surface area is 122 Å². The number of hydrogen-bond donors (Lipinski definition) is 1. The van der Waals surface area contributed by atoms with Crippen LogP contribution >= 0.6 is 11.3 Å². The Morgan fingerprint density at radius 2 is 2.37 bits per heavy atom. The van der Waals surface area contributed by atoms with E-state index in [4.69, 9.17) is 0 Å². The molecule has 2 rings (SSSR count). The minimum Gasteiger partial charge on any atom is -0.316 e.